The smallest absolute Gasteiger partial charge is 0.234 e. The van der Waals surface area contributed by atoms with Gasteiger partial charge in [-0.1, -0.05) is 13.3 Å². The second kappa shape index (κ2) is 4.72. The molecule has 1 heterocycles. The molecule has 2 N–H and O–H groups in total. The van der Waals surface area contributed by atoms with E-state index in [4.69, 9.17) is 0 Å². The van der Waals surface area contributed by atoms with Crippen LogP contribution in [0.2, 0.25) is 0 Å². The number of rotatable bonds is 6. The third-order valence-corrected chi connectivity index (χ3v) is 3.40. The number of aliphatic hydroxyl groups is 1. The molecular weight excluding hydrogens is 204 g/mol. The van der Waals surface area contributed by atoms with Crippen LogP contribution < -0.4 is 5.32 Å². The van der Waals surface area contributed by atoms with Gasteiger partial charge in [0.1, 0.15) is 0 Å². The van der Waals surface area contributed by atoms with E-state index in [-0.39, 0.29) is 5.91 Å². The van der Waals surface area contributed by atoms with E-state index in [9.17, 15) is 9.90 Å². The van der Waals surface area contributed by atoms with Gasteiger partial charge in [0.05, 0.1) is 12.1 Å². The second-order valence-electron chi connectivity index (χ2n) is 5.37. The highest BCUT2D eigenvalue weighted by Gasteiger charge is 2.40. The van der Waals surface area contributed by atoms with Gasteiger partial charge in [0, 0.05) is 19.6 Å². The molecule has 92 valence electrons. The average Bonchev–Trinajstić information content (AvgIpc) is 2.96. The lowest BCUT2D eigenvalue weighted by atomic mass is 9.89. The molecule has 0 aromatic rings. The van der Waals surface area contributed by atoms with Crippen molar-refractivity contribution in [1.82, 2.24) is 10.2 Å². The van der Waals surface area contributed by atoms with Crippen molar-refractivity contribution in [3.63, 3.8) is 0 Å². The zero-order valence-corrected chi connectivity index (χ0v) is 10.0. The van der Waals surface area contributed by atoms with Gasteiger partial charge in [-0.2, -0.15) is 0 Å². The molecule has 0 bridgehead atoms. The minimum absolute atomic E-state index is 0.102. The van der Waals surface area contributed by atoms with Gasteiger partial charge in [0.15, 0.2) is 0 Å². The molecule has 16 heavy (non-hydrogen) atoms. The van der Waals surface area contributed by atoms with Crippen molar-refractivity contribution in [3.8, 4) is 0 Å². The molecule has 0 radical (unpaired) electrons. The van der Waals surface area contributed by atoms with Crippen LogP contribution in [0.25, 0.3) is 0 Å². The van der Waals surface area contributed by atoms with Crippen LogP contribution in [0.3, 0.4) is 0 Å². The van der Waals surface area contributed by atoms with Crippen LogP contribution in [-0.2, 0) is 4.79 Å². The fraction of sp³-hybridized carbons (Fsp3) is 0.917. The van der Waals surface area contributed by atoms with Crippen molar-refractivity contribution < 1.29 is 9.90 Å². The predicted molar refractivity (Wildman–Crippen MR) is 62.0 cm³/mol. The summed E-state index contributed by atoms with van der Waals surface area (Å²) in [4.78, 5) is 13.5. The van der Waals surface area contributed by atoms with E-state index >= 15 is 0 Å². The van der Waals surface area contributed by atoms with Gasteiger partial charge >= 0.3 is 0 Å². The number of nitrogens with one attached hydrogen (secondary N) is 1. The number of β-amino-alcohol motifs (C(OH)–C–C–N with tert-alkyl or cyclic N) is 1. The van der Waals surface area contributed by atoms with Crippen molar-refractivity contribution in [2.24, 2.45) is 5.92 Å². The molecule has 0 spiro atoms. The van der Waals surface area contributed by atoms with Crippen LogP contribution in [0.5, 0.6) is 0 Å². The molecule has 2 rings (SSSR count). The first-order chi connectivity index (χ1) is 7.61. The Hall–Kier alpha value is -0.610. The minimum atomic E-state index is -0.522. The molecule has 4 nitrogen and oxygen atoms in total. The number of hydrogen-bond donors (Lipinski definition) is 2. The highest BCUT2D eigenvalue weighted by atomic mass is 16.3. The third kappa shape index (κ3) is 3.19. The molecule has 1 aliphatic heterocycles. The second-order valence-corrected chi connectivity index (χ2v) is 5.37. The summed E-state index contributed by atoms with van der Waals surface area (Å²) in [5.41, 5.74) is -0.522. The molecule has 0 unspecified atom stereocenters. The highest BCUT2D eigenvalue weighted by Crippen LogP contribution is 2.28. The van der Waals surface area contributed by atoms with Crippen molar-refractivity contribution in [2.45, 2.75) is 38.2 Å². The number of carbonyl (C=O) groups is 1. The van der Waals surface area contributed by atoms with Gasteiger partial charge in [0.2, 0.25) is 5.91 Å². The largest absolute Gasteiger partial charge is 0.387 e. The first kappa shape index (κ1) is 11.9. The molecule has 1 aliphatic carbocycles. The Morgan fingerprint density at radius 3 is 2.75 bits per heavy atom. The zero-order chi connectivity index (χ0) is 11.6. The molecule has 2 aliphatic rings. The van der Waals surface area contributed by atoms with Gasteiger partial charge in [-0.25, -0.2) is 0 Å². The van der Waals surface area contributed by atoms with Crippen molar-refractivity contribution >= 4 is 5.91 Å². The predicted octanol–water partition coefficient (Wildman–Crippen LogP) is 0.359. The fourth-order valence-electron chi connectivity index (χ4n) is 2.36. The lowest BCUT2D eigenvalue weighted by Gasteiger charge is -2.46. The average molecular weight is 226 g/mol. The summed E-state index contributed by atoms with van der Waals surface area (Å²) in [5.74, 6) is 0.836. The molecule has 1 saturated carbocycles. The molecular formula is C12H22N2O2. The van der Waals surface area contributed by atoms with E-state index < -0.39 is 5.60 Å². The van der Waals surface area contributed by atoms with Crippen LogP contribution in [-0.4, -0.2) is 47.7 Å². The molecule has 1 saturated heterocycles. The summed E-state index contributed by atoms with van der Waals surface area (Å²) >= 11 is 0. The zero-order valence-electron chi connectivity index (χ0n) is 10.0. The molecule has 0 aromatic carbocycles. The number of amides is 1. The topological polar surface area (TPSA) is 52.6 Å². The van der Waals surface area contributed by atoms with E-state index in [1.54, 1.807) is 0 Å². The summed E-state index contributed by atoms with van der Waals surface area (Å²) < 4.78 is 0. The van der Waals surface area contributed by atoms with E-state index in [1.807, 2.05) is 4.90 Å². The number of carbonyl (C=O) groups excluding carboxylic acids is 1. The summed E-state index contributed by atoms with van der Waals surface area (Å²) in [5, 5.41) is 12.9. The number of nitrogens with zero attached hydrogens (tertiary/aromatic N) is 1. The lowest BCUT2D eigenvalue weighted by molar-refractivity contribution is -0.133. The van der Waals surface area contributed by atoms with Gasteiger partial charge in [-0.05, 0) is 25.2 Å². The highest BCUT2D eigenvalue weighted by molar-refractivity contribution is 5.78. The Labute approximate surface area is 97.0 Å². The Morgan fingerprint density at radius 1 is 1.50 bits per heavy atom. The van der Waals surface area contributed by atoms with E-state index in [2.05, 4.69) is 12.2 Å². The van der Waals surface area contributed by atoms with Crippen LogP contribution in [0.15, 0.2) is 0 Å². The summed E-state index contributed by atoms with van der Waals surface area (Å²) in [6.07, 6.45) is 4.37. The maximum absolute atomic E-state index is 11.5. The monoisotopic (exact) mass is 226 g/mol. The quantitative estimate of drug-likeness (QED) is 0.687. The lowest BCUT2D eigenvalue weighted by Crippen LogP contribution is -2.63. The number of hydrogen-bond acceptors (Lipinski definition) is 3. The Bertz CT molecular complexity index is 258. The Morgan fingerprint density at radius 2 is 2.19 bits per heavy atom. The van der Waals surface area contributed by atoms with Crippen LogP contribution in [0.4, 0.5) is 0 Å². The minimum Gasteiger partial charge on any atom is -0.387 e. The van der Waals surface area contributed by atoms with Crippen molar-refractivity contribution in [2.75, 3.05) is 26.2 Å². The van der Waals surface area contributed by atoms with Crippen molar-refractivity contribution in [1.29, 1.82) is 0 Å². The SMILES string of the molecule is CCCC1(O)CN(CC(=O)NCC2CC2)C1. The Balaban J connectivity index is 1.58. The van der Waals surface area contributed by atoms with Crippen LogP contribution >= 0.6 is 0 Å². The number of likely N-dealkylation sites (tertiary alicyclic amines) is 1. The fourth-order valence-corrected chi connectivity index (χ4v) is 2.36. The van der Waals surface area contributed by atoms with Crippen LogP contribution in [0, 0.1) is 5.92 Å². The first-order valence-electron chi connectivity index (χ1n) is 6.33. The van der Waals surface area contributed by atoms with E-state index in [0.29, 0.717) is 19.6 Å². The standard InChI is InChI=1S/C12H22N2O2/c1-2-5-12(16)8-14(9-12)7-11(15)13-6-10-3-4-10/h10,16H,2-9H2,1H3,(H,13,15). The van der Waals surface area contributed by atoms with E-state index in [1.165, 1.54) is 12.8 Å². The molecule has 0 aromatic heterocycles. The third-order valence-electron chi connectivity index (χ3n) is 3.40. The maximum Gasteiger partial charge on any atom is 0.234 e. The summed E-state index contributed by atoms with van der Waals surface area (Å²) in [6, 6.07) is 0. The first-order valence-corrected chi connectivity index (χ1v) is 6.33. The van der Waals surface area contributed by atoms with Gasteiger partial charge in [-0.3, -0.25) is 9.69 Å². The molecule has 0 atom stereocenters. The van der Waals surface area contributed by atoms with Gasteiger partial charge in [0.25, 0.3) is 0 Å². The van der Waals surface area contributed by atoms with E-state index in [0.717, 1.165) is 25.3 Å². The van der Waals surface area contributed by atoms with Gasteiger partial charge in [-0.15, -0.1) is 0 Å². The molecule has 4 heteroatoms. The summed E-state index contributed by atoms with van der Waals surface area (Å²) in [6.45, 7) is 4.66. The van der Waals surface area contributed by atoms with Crippen molar-refractivity contribution in [3.05, 3.63) is 0 Å². The van der Waals surface area contributed by atoms with Gasteiger partial charge < -0.3 is 10.4 Å². The molecule has 2 fully saturated rings. The van der Waals surface area contributed by atoms with Crippen LogP contribution in [0.1, 0.15) is 32.6 Å². The Kier molecular flexibility index (Phi) is 3.50. The maximum atomic E-state index is 11.5. The normalized spacial score (nSPS) is 23.9. The molecule has 1 amide bonds. The summed E-state index contributed by atoms with van der Waals surface area (Å²) in [7, 11) is 0.